The van der Waals surface area contributed by atoms with Gasteiger partial charge in [-0.25, -0.2) is 13.1 Å². The fourth-order valence-corrected chi connectivity index (χ4v) is 4.71. The van der Waals surface area contributed by atoms with Gasteiger partial charge in [0.05, 0.1) is 4.90 Å². The first kappa shape index (κ1) is 18.9. The minimum atomic E-state index is -3.61. The molecule has 134 valence electrons. The van der Waals surface area contributed by atoms with Crippen LogP contribution in [0.25, 0.3) is 0 Å². The summed E-state index contributed by atoms with van der Waals surface area (Å²) in [6.45, 7) is 7.44. The van der Waals surface area contributed by atoms with Gasteiger partial charge >= 0.3 is 0 Å². The van der Waals surface area contributed by atoms with E-state index in [1.807, 2.05) is 19.1 Å². The normalized spacial score (nSPS) is 16.1. The number of aryl methyl sites for hydroxylation is 3. The Hall–Kier alpha value is -1.44. The van der Waals surface area contributed by atoms with Crippen LogP contribution in [0.2, 0.25) is 0 Å². The summed E-state index contributed by atoms with van der Waals surface area (Å²) < 4.78 is 27.6. The summed E-state index contributed by atoms with van der Waals surface area (Å²) in [6.07, 6.45) is 1.98. The first-order valence-electron chi connectivity index (χ1n) is 8.37. The van der Waals surface area contributed by atoms with Gasteiger partial charge in [-0.3, -0.25) is 4.79 Å². The maximum Gasteiger partial charge on any atom is 0.241 e. The molecular formula is C17H27N3O3S. The maximum atomic E-state index is 12.5. The highest BCUT2D eigenvalue weighted by molar-refractivity contribution is 7.89. The second kappa shape index (κ2) is 8.09. The second-order valence-corrected chi connectivity index (χ2v) is 8.17. The standard InChI is InChI=1S/C17H27N3O3S/c1-12-10-13(2)17(14(3)11-12)24(22,23)19-9-6-16(21)20-15-4-7-18-8-5-15/h10-11,15,18-19H,4-9H2,1-3H3,(H,20,21). The predicted molar refractivity (Wildman–Crippen MR) is 94.5 cm³/mol. The molecule has 1 aromatic carbocycles. The lowest BCUT2D eigenvalue weighted by Gasteiger charge is -2.23. The van der Waals surface area contributed by atoms with Gasteiger partial charge in [-0.05, 0) is 57.8 Å². The molecule has 0 bridgehead atoms. The lowest BCUT2D eigenvalue weighted by molar-refractivity contribution is -0.121. The van der Waals surface area contributed by atoms with Gasteiger partial charge in [0.25, 0.3) is 0 Å². The van der Waals surface area contributed by atoms with Gasteiger partial charge in [-0.1, -0.05) is 17.7 Å². The summed E-state index contributed by atoms with van der Waals surface area (Å²) >= 11 is 0. The number of nitrogens with one attached hydrogen (secondary N) is 3. The molecule has 0 unspecified atom stereocenters. The molecule has 0 radical (unpaired) electrons. The van der Waals surface area contributed by atoms with Crippen LogP contribution in [0.5, 0.6) is 0 Å². The number of carbonyl (C=O) groups excluding carboxylic acids is 1. The van der Waals surface area contributed by atoms with Gasteiger partial charge in [-0.2, -0.15) is 0 Å². The third kappa shape index (κ3) is 5.03. The van der Waals surface area contributed by atoms with E-state index in [-0.39, 0.29) is 24.9 Å². The molecule has 1 heterocycles. The fourth-order valence-electron chi connectivity index (χ4n) is 3.23. The molecule has 1 aliphatic rings. The van der Waals surface area contributed by atoms with E-state index < -0.39 is 10.0 Å². The zero-order chi connectivity index (χ0) is 17.7. The molecule has 24 heavy (non-hydrogen) atoms. The second-order valence-electron chi connectivity index (χ2n) is 6.47. The van der Waals surface area contributed by atoms with Crippen molar-refractivity contribution in [3.63, 3.8) is 0 Å². The molecule has 7 heteroatoms. The third-order valence-corrected chi connectivity index (χ3v) is 5.99. The molecule has 2 rings (SSSR count). The monoisotopic (exact) mass is 353 g/mol. The first-order valence-corrected chi connectivity index (χ1v) is 9.85. The van der Waals surface area contributed by atoms with Gasteiger partial charge in [0, 0.05) is 19.0 Å². The molecule has 1 amide bonds. The van der Waals surface area contributed by atoms with Crippen LogP contribution in [0.15, 0.2) is 17.0 Å². The summed E-state index contributed by atoms with van der Waals surface area (Å²) in [4.78, 5) is 12.3. The van der Waals surface area contributed by atoms with Crippen LogP contribution in [0.4, 0.5) is 0 Å². The maximum absolute atomic E-state index is 12.5. The highest BCUT2D eigenvalue weighted by atomic mass is 32.2. The number of benzene rings is 1. The van der Waals surface area contributed by atoms with E-state index in [0.717, 1.165) is 42.6 Å². The lowest BCUT2D eigenvalue weighted by Crippen LogP contribution is -2.43. The molecule has 0 aromatic heterocycles. The Morgan fingerprint density at radius 1 is 1.17 bits per heavy atom. The van der Waals surface area contributed by atoms with Crippen LogP contribution in [0.3, 0.4) is 0 Å². The van der Waals surface area contributed by atoms with Crippen LogP contribution in [0.1, 0.15) is 36.0 Å². The van der Waals surface area contributed by atoms with E-state index >= 15 is 0 Å². The van der Waals surface area contributed by atoms with E-state index in [9.17, 15) is 13.2 Å². The number of hydrogen-bond donors (Lipinski definition) is 3. The Labute approximate surface area is 144 Å². The van der Waals surface area contributed by atoms with Crippen molar-refractivity contribution in [3.05, 3.63) is 28.8 Å². The van der Waals surface area contributed by atoms with E-state index in [2.05, 4.69) is 15.4 Å². The van der Waals surface area contributed by atoms with Crippen molar-refractivity contribution in [1.82, 2.24) is 15.4 Å². The van der Waals surface area contributed by atoms with Crippen LogP contribution in [-0.2, 0) is 14.8 Å². The average Bonchev–Trinajstić information content (AvgIpc) is 2.46. The predicted octanol–water partition coefficient (Wildman–Crippen LogP) is 1.15. The fraction of sp³-hybridized carbons (Fsp3) is 0.588. The summed E-state index contributed by atoms with van der Waals surface area (Å²) in [6, 6.07) is 3.90. The smallest absolute Gasteiger partial charge is 0.241 e. The first-order chi connectivity index (χ1) is 11.3. The Morgan fingerprint density at radius 2 is 1.75 bits per heavy atom. The zero-order valence-corrected chi connectivity index (χ0v) is 15.4. The molecule has 1 fully saturated rings. The van der Waals surface area contributed by atoms with Gasteiger partial charge in [0.2, 0.25) is 15.9 Å². The van der Waals surface area contributed by atoms with Crippen molar-refractivity contribution in [2.24, 2.45) is 0 Å². The topological polar surface area (TPSA) is 87.3 Å². The van der Waals surface area contributed by atoms with E-state index in [1.54, 1.807) is 13.8 Å². The highest BCUT2D eigenvalue weighted by Gasteiger charge is 2.20. The molecule has 1 saturated heterocycles. The Bertz CT molecular complexity index is 672. The lowest BCUT2D eigenvalue weighted by atomic mass is 10.1. The van der Waals surface area contributed by atoms with Crippen molar-refractivity contribution in [3.8, 4) is 0 Å². The van der Waals surface area contributed by atoms with Crippen molar-refractivity contribution in [2.75, 3.05) is 19.6 Å². The molecule has 0 atom stereocenters. The molecule has 0 aliphatic carbocycles. The Morgan fingerprint density at radius 3 is 2.33 bits per heavy atom. The zero-order valence-electron chi connectivity index (χ0n) is 14.6. The van der Waals surface area contributed by atoms with Crippen LogP contribution in [0, 0.1) is 20.8 Å². The number of carbonyl (C=O) groups is 1. The summed E-state index contributed by atoms with van der Waals surface area (Å²) in [7, 11) is -3.61. The van der Waals surface area contributed by atoms with Crippen LogP contribution in [-0.4, -0.2) is 40.0 Å². The molecule has 3 N–H and O–H groups in total. The van der Waals surface area contributed by atoms with E-state index in [1.165, 1.54) is 0 Å². The van der Waals surface area contributed by atoms with Gasteiger partial charge in [0.1, 0.15) is 0 Å². The van der Waals surface area contributed by atoms with Crippen molar-refractivity contribution >= 4 is 15.9 Å². The SMILES string of the molecule is Cc1cc(C)c(S(=O)(=O)NCCC(=O)NC2CCNCC2)c(C)c1. The summed E-state index contributed by atoms with van der Waals surface area (Å²) in [5, 5.41) is 6.20. The number of piperidine rings is 1. The number of sulfonamides is 1. The van der Waals surface area contributed by atoms with E-state index in [4.69, 9.17) is 0 Å². The molecule has 1 aliphatic heterocycles. The minimum absolute atomic E-state index is 0.103. The van der Waals surface area contributed by atoms with Crippen LogP contribution >= 0.6 is 0 Å². The quantitative estimate of drug-likeness (QED) is 0.716. The molecule has 1 aromatic rings. The van der Waals surface area contributed by atoms with Gasteiger partial charge in [0.15, 0.2) is 0 Å². The number of hydrogen-bond acceptors (Lipinski definition) is 4. The van der Waals surface area contributed by atoms with Crippen molar-refractivity contribution in [1.29, 1.82) is 0 Å². The summed E-state index contributed by atoms with van der Waals surface area (Å²) in [5.74, 6) is -0.109. The van der Waals surface area contributed by atoms with Crippen LogP contribution < -0.4 is 15.4 Å². The molecular weight excluding hydrogens is 326 g/mol. The number of amides is 1. The minimum Gasteiger partial charge on any atom is -0.353 e. The molecule has 6 nitrogen and oxygen atoms in total. The Balaban J connectivity index is 1.90. The van der Waals surface area contributed by atoms with Gasteiger partial charge < -0.3 is 10.6 Å². The van der Waals surface area contributed by atoms with Gasteiger partial charge in [-0.15, -0.1) is 0 Å². The Kier molecular flexibility index (Phi) is 6.37. The molecule has 0 spiro atoms. The number of rotatable bonds is 6. The molecule has 0 saturated carbocycles. The van der Waals surface area contributed by atoms with Crippen molar-refractivity contribution < 1.29 is 13.2 Å². The van der Waals surface area contributed by atoms with Crippen molar-refractivity contribution in [2.45, 2.75) is 51.0 Å². The summed E-state index contributed by atoms with van der Waals surface area (Å²) in [5.41, 5.74) is 2.48. The average molecular weight is 353 g/mol. The third-order valence-electron chi connectivity index (χ3n) is 4.22. The largest absolute Gasteiger partial charge is 0.353 e. The van der Waals surface area contributed by atoms with E-state index in [0.29, 0.717) is 4.90 Å². The highest BCUT2D eigenvalue weighted by Crippen LogP contribution is 2.21.